The summed E-state index contributed by atoms with van der Waals surface area (Å²) in [6, 6.07) is 5.87. The van der Waals surface area contributed by atoms with Crippen molar-refractivity contribution in [1.29, 1.82) is 0 Å². The van der Waals surface area contributed by atoms with E-state index in [1.54, 1.807) is 19.4 Å². The number of rotatable bonds is 3. The maximum atomic E-state index is 11.4. The second kappa shape index (κ2) is 5.69. The first-order valence-electron chi connectivity index (χ1n) is 7.18. The first-order chi connectivity index (χ1) is 10.2. The van der Waals surface area contributed by atoms with Crippen molar-refractivity contribution < 1.29 is 9.53 Å². The highest BCUT2D eigenvalue weighted by atomic mass is 16.5. The van der Waals surface area contributed by atoms with Gasteiger partial charge in [0, 0.05) is 11.6 Å². The van der Waals surface area contributed by atoms with Crippen LogP contribution in [-0.4, -0.2) is 31.1 Å². The molecule has 2 aromatic rings. The minimum atomic E-state index is -0.504. The number of ether oxygens (including phenoxy) is 1. The van der Waals surface area contributed by atoms with Crippen LogP contribution in [0.5, 0.6) is 5.75 Å². The van der Waals surface area contributed by atoms with Gasteiger partial charge in [-0.25, -0.2) is 0 Å². The molecular formula is C16H19N3O2. The number of fused-ring (bicyclic) bond motifs is 1. The van der Waals surface area contributed by atoms with E-state index in [0.29, 0.717) is 11.6 Å². The monoisotopic (exact) mass is 285 g/mol. The Morgan fingerprint density at radius 3 is 2.76 bits per heavy atom. The smallest absolute Gasteiger partial charge is 0.267 e. The van der Waals surface area contributed by atoms with E-state index in [2.05, 4.69) is 16.4 Å². The van der Waals surface area contributed by atoms with E-state index in [4.69, 9.17) is 10.5 Å². The molecule has 0 radical (unpaired) electrons. The number of hydrogen-bond acceptors (Lipinski definition) is 4. The van der Waals surface area contributed by atoms with Gasteiger partial charge in [0.1, 0.15) is 11.4 Å². The molecule has 5 heteroatoms. The largest absolute Gasteiger partial charge is 0.496 e. The Kier molecular flexibility index (Phi) is 3.75. The number of pyridine rings is 1. The lowest BCUT2D eigenvalue weighted by atomic mass is 9.87. The number of methoxy groups -OCH3 is 1. The van der Waals surface area contributed by atoms with Gasteiger partial charge in [0.15, 0.2) is 0 Å². The van der Waals surface area contributed by atoms with E-state index in [9.17, 15) is 4.79 Å². The van der Waals surface area contributed by atoms with Gasteiger partial charge in [-0.15, -0.1) is 0 Å². The van der Waals surface area contributed by atoms with Crippen LogP contribution in [0.15, 0.2) is 24.4 Å². The number of hydrogen-bond donors (Lipinski definition) is 2. The molecule has 1 aliphatic rings. The number of nitrogens with two attached hydrogens (primary N) is 1. The average Bonchev–Trinajstić information content (AvgIpc) is 2.54. The summed E-state index contributed by atoms with van der Waals surface area (Å²) in [5.74, 6) is 0.755. The molecule has 0 atom stereocenters. The lowest BCUT2D eigenvalue weighted by Crippen LogP contribution is -2.26. The first-order valence-corrected chi connectivity index (χ1v) is 7.18. The van der Waals surface area contributed by atoms with E-state index >= 15 is 0 Å². The molecule has 1 aliphatic heterocycles. The Morgan fingerprint density at radius 2 is 2.10 bits per heavy atom. The summed E-state index contributed by atoms with van der Waals surface area (Å²) >= 11 is 0. The van der Waals surface area contributed by atoms with Gasteiger partial charge in [0.2, 0.25) is 0 Å². The number of primary amides is 1. The average molecular weight is 285 g/mol. The van der Waals surface area contributed by atoms with Crippen LogP contribution in [0, 0.1) is 0 Å². The number of nitrogens with one attached hydrogen (secondary N) is 1. The molecule has 0 saturated carbocycles. The minimum Gasteiger partial charge on any atom is -0.496 e. The summed E-state index contributed by atoms with van der Waals surface area (Å²) in [6.07, 6.45) is 3.87. The van der Waals surface area contributed by atoms with E-state index < -0.39 is 5.91 Å². The fraction of sp³-hybridized carbons (Fsp3) is 0.375. The normalized spacial score (nSPS) is 16.0. The molecule has 5 nitrogen and oxygen atoms in total. The molecule has 1 aromatic heterocycles. The van der Waals surface area contributed by atoms with Gasteiger partial charge in [-0.2, -0.15) is 0 Å². The number of amides is 1. The fourth-order valence-electron chi connectivity index (χ4n) is 3.04. The predicted molar refractivity (Wildman–Crippen MR) is 81.7 cm³/mol. The lowest BCUT2D eigenvalue weighted by Gasteiger charge is -2.24. The van der Waals surface area contributed by atoms with Crippen molar-refractivity contribution in [2.24, 2.45) is 5.73 Å². The van der Waals surface area contributed by atoms with Gasteiger partial charge < -0.3 is 15.8 Å². The van der Waals surface area contributed by atoms with Crippen LogP contribution >= 0.6 is 0 Å². The Balaban J connectivity index is 2.18. The molecule has 110 valence electrons. The predicted octanol–water partition coefficient (Wildman–Crippen LogP) is 1.81. The summed E-state index contributed by atoms with van der Waals surface area (Å²) in [7, 11) is 1.64. The van der Waals surface area contributed by atoms with Gasteiger partial charge in [0.25, 0.3) is 5.91 Å². The Bertz CT molecular complexity index is 679. The van der Waals surface area contributed by atoms with Crippen molar-refractivity contribution in [2.75, 3.05) is 20.2 Å². The molecule has 2 heterocycles. The zero-order valence-electron chi connectivity index (χ0n) is 12.1. The van der Waals surface area contributed by atoms with Crippen molar-refractivity contribution in [2.45, 2.75) is 18.8 Å². The Labute approximate surface area is 123 Å². The van der Waals surface area contributed by atoms with Gasteiger partial charge in [-0.05, 0) is 54.9 Å². The third-order valence-corrected chi connectivity index (χ3v) is 4.15. The number of piperidine rings is 1. The molecule has 21 heavy (non-hydrogen) atoms. The molecule has 0 unspecified atom stereocenters. The quantitative estimate of drug-likeness (QED) is 0.901. The van der Waals surface area contributed by atoms with Crippen LogP contribution in [0.1, 0.15) is 34.8 Å². The van der Waals surface area contributed by atoms with Crippen LogP contribution in [0.3, 0.4) is 0 Å². The van der Waals surface area contributed by atoms with Crippen molar-refractivity contribution in [1.82, 2.24) is 10.3 Å². The van der Waals surface area contributed by atoms with Crippen molar-refractivity contribution in [3.05, 3.63) is 35.7 Å². The summed E-state index contributed by atoms with van der Waals surface area (Å²) in [6.45, 7) is 2.04. The molecule has 1 aromatic carbocycles. The number of benzene rings is 1. The minimum absolute atomic E-state index is 0.297. The molecule has 0 aliphatic carbocycles. The van der Waals surface area contributed by atoms with Crippen molar-refractivity contribution in [3.63, 3.8) is 0 Å². The van der Waals surface area contributed by atoms with Crippen LogP contribution in [0.4, 0.5) is 0 Å². The standard InChI is InChI=1S/C16H19N3O2/c1-21-15-3-2-11(10-4-6-18-7-5-10)12-8-14(16(17)20)19-9-13(12)15/h2-3,8-10,18H,4-7H2,1H3,(H2,17,20). The van der Waals surface area contributed by atoms with Crippen LogP contribution in [0.25, 0.3) is 10.8 Å². The van der Waals surface area contributed by atoms with E-state index in [-0.39, 0.29) is 0 Å². The maximum Gasteiger partial charge on any atom is 0.267 e. The molecular weight excluding hydrogens is 266 g/mol. The van der Waals surface area contributed by atoms with Gasteiger partial charge in [-0.3, -0.25) is 9.78 Å². The third kappa shape index (κ3) is 2.56. The van der Waals surface area contributed by atoms with Crippen molar-refractivity contribution in [3.8, 4) is 5.75 Å². The maximum absolute atomic E-state index is 11.4. The number of aromatic nitrogens is 1. The second-order valence-electron chi connectivity index (χ2n) is 5.36. The molecule has 3 N–H and O–H groups in total. The molecule has 1 amide bonds. The Hall–Kier alpha value is -2.14. The zero-order chi connectivity index (χ0) is 14.8. The van der Waals surface area contributed by atoms with Crippen LogP contribution in [0.2, 0.25) is 0 Å². The van der Waals surface area contributed by atoms with Crippen LogP contribution in [-0.2, 0) is 0 Å². The molecule has 0 spiro atoms. The molecule has 1 fully saturated rings. The van der Waals surface area contributed by atoms with Crippen LogP contribution < -0.4 is 15.8 Å². The van der Waals surface area contributed by atoms with Gasteiger partial charge >= 0.3 is 0 Å². The topological polar surface area (TPSA) is 77.2 Å². The molecule has 1 saturated heterocycles. The third-order valence-electron chi connectivity index (χ3n) is 4.15. The number of carbonyl (C=O) groups is 1. The second-order valence-corrected chi connectivity index (χ2v) is 5.36. The lowest BCUT2D eigenvalue weighted by molar-refractivity contribution is 0.0996. The van der Waals surface area contributed by atoms with Crippen molar-refractivity contribution >= 4 is 16.7 Å². The highest BCUT2D eigenvalue weighted by Crippen LogP contribution is 2.35. The highest BCUT2D eigenvalue weighted by molar-refractivity contribution is 5.98. The summed E-state index contributed by atoms with van der Waals surface area (Å²) in [5.41, 5.74) is 6.91. The van der Waals surface area contributed by atoms with E-state index in [0.717, 1.165) is 42.5 Å². The molecule has 0 bridgehead atoms. The fourth-order valence-corrected chi connectivity index (χ4v) is 3.04. The number of nitrogens with zero attached hydrogens (tertiary/aromatic N) is 1. The summed E-state index contributed by atoms with van der Waals surface area (Å²) in [5, 5.41) is 5.32. The van der Waals surface area contributed by atoms with Gasteiger partial charge in [-0.1, -0.05) is 6.07 Å². The summed E-state index contributed by atoms with van der Waals surface area (Å²) in [4.78, 5) is 15.5. The SMILES string of the molecule is COc1ccc(C2CCNCC2)c2cc(C(N)=O)ncc12. The molecule has 3 rings (SSSR count). The Morgan fingerprint density at radius 1 is 1.33 bits per heavy atom. The first kappa shape index (κ1) is 13.8. The zero-order valence-corrected chi connectivity index (χ0v) is 12.1. The summed E-state index contributed by atoms with van der Waals surface area (Å²) < 4.78 is 5.40. The van der Waals surface area contributed by atoms with E-state index in [1.807, 2.05) is 6.07 Å². The van der Waals surface area contributed by atoms with E-state index in [1.165, 1.54) is 5.56 Å². The number of carbonyl (C=O) groups excluding carboxylic acids is 1. The van der Waals surface area contributed by atoms with Gasteiger partial charge in [0.05, 0.1) is 7.11 Å². The highest BCUT2D eigenvalue weighted by Gasteiger charge is 2.19.